The number of anilines is 1. The molecular formula is C22H25F3N6O4. The van der Waals surface area contributed by atoms with Gasteiger partial charge in [0, 0.05) is 12.7 Å². The van der Waals surface area contributed by atoms with E-state index in [0.717, 1.165) is 5.56 Å². The standard InChI is InChI=1S/C22H25F3N6O4/c23-22(24,25)15-35-21-28-19-13-17-5-6-31(30-17)7-8-32-9-10-33-11-12-34-18-3-1-16(2-4-18)14-26-20(27-19)29-21/h1-6H,7-15H2,(H,26,27,28,29). The number of aromatic nitrogens is 5. The fourth-order valence-electron chi connectivity index (χ4n) is 3.13. The minimum atomic E-state index is -4.52. The van der Waals surface area contributed by atoms with E-state index in [1.807, 2.05) is 24.3 Å². The molecule has 0 spiro atoms. The third-order valence-electron chi connectivity index (χ3n) is 4.77. The van der Waals surface area contributed by atoms with Crippen molar-refractivity contribution >= 4 is 5.95 Å². The highest BCUT2D eigenvalue weighted by Gasteiger charge is 2.29. The van der Waals surface area contributed by atoms with Crippen LogP contribution in [0.5, 0.6) is 11.8 Å². The van der Waals surface area contributed by atoms with Gasteiger partial charge in [0.05, 0.1) is 45.1 Å². The molecule has 5 rings (SSSR count). The summed E-state index contributed by atoms with van der Waals surface area (Å²) in [5.41, 5.74) is 1.54. The van der Waals surface area contributed by atoms with Crippen molar-refractivity contribution in [2.75, 3.05) is 45.0 Å². The second kappa shape index (κ2) is 11.8. The molecule has 0 unspecified atom stereocenters. The molecule has 0 aliphatic carbocycles. The molecule has 13 heteroatoms. The molecule has 2 aromatic heterocycles. The normalized spacial score (nSPS) is 15.9. The lowest BCUT2D eigenvalue weighted by Gasteiger charge is -2.11. The van der Waals surface area contributed by atoms with Crippen LogP contribution in [0.2, 0.25) is 0 Å². The zero-order valence-electron chi connectivity index (χ0n) is 18.8. The fourth-order valence-corrected chi connectivity index (χ4v) is 3.13. The zero-order valence-corrected chi connectivity index (χ0v) is 18.8. The van der Waals surface area contributed by atoms with Crippen LogP contribution in [0.25, 0.3) is 0 Å². The summed E-state index contributed by atoms with van der Waals surface area (Å²) in [5.74, 6) is 1.02. The molecule has 1 aromatic carbocycles. The van der Waals surface area contributed by atoms with Crippen LogP contribution in [0.3, 0.4) is 0 Å². The molecule has 0 amide bonds. The maximum atomic E-state index is 12.7. The fraction of sp³-hybridized carbons (Fsp3) is 0.455. The Kier molecular flexibility index (Phi) is 8.32. The van der Waals surface area contributed by atoms with Gasteiger partial charge in [-0.2, -0.15) is 33.2 Å². The van der Waals surface area contributed by atoms with E-state index in [1.54, 1.807) is 16.9 Å². The van der Waals surface area contributed by atoms with Crippen molar-refractivity contribution in [3.05, 3.63) is 53.6 Å². The van der Waals surface area contributed by atoms with Crippen LogP contribution < -0.4 is 14.8 Å². The molecule has 0 radical (unpaired) electrons. The van der Waals surface area contributed by atoms with Gasteiger partial charge in [-0.1, -0.05) is 12.1 Å². The lowest BCUT2D eigenvalue weighted by atomic mass is 10.2. The molecule has 188 valence electrons. The SMILES string of the molecule is FC(F)(F)COc1nc2nc(n1)NCc1ccc(cc1)OCCOCCOCCn1ccc(n1)C2. The monoisotopic (exact) mass is 494 g/mol. The minimum absolute atomic E-state index is 0.0969. The first-order valence-electron chi connectivity index (χ1n) is 11.0. The molecule has 4 heterocycles. The van der Waals surface area contributed by atoms with Gasteiger partial charge >= 0.3 is 12.2 Å². The summed E-state index contributed by atoms with van der Waals surface area (Å²) in [6, 6.07) is 8.73. The number of rotatable bonds is 2. The minimum Gasteiger partial charge on any atom is -0.491 e. The predicted octanol–water partition coefficient (Wildman–Crippen LogP) is 2.64. The number of benzene rings is 1. The molecular weight excluding hydrogens is 469 g/mol. The summed E-state index contributed by atoms with van der Waals surface area (Å²) >= 11 is 0. The van der Waals surface area contributed by atoms with E-state index in [-0.39, 0.29) is 18.2 Å². The van der Waals surface area contributed by atoms with E-state index in [1.165, 1.54) is 0 Å². The van der Waals surface area contributed by atoms with Crippen molar-refractivity contribution in [1.29, 1.82) is 0 Å². The maximum Gasteiger partial charge on any atom is 0.422 e. The molecule has 1 N–H and O–H groups in total. The highest BCUT2D eigenvalue weighted by Crippen LogP contribution is 2.18. The Balaban J connectivity index is 1.52. The van der Waals surface area contributed by atoms with E-state index in [9.17, 15) is 13.2 Å². The van der Waals surface area contributed by atoms with Crippen molar-refractivity contribution in [2.24, 2.45) is 0 Å². The molecule has 2 aliphatic rings. The maximum absolute atomic E-state index is 12.7. The first-order valence-corrected chi connectivity index (χ1v) is 11.0. The summed E-state index contributed by atoms with van der Waals surface area (Å²) in [7, 11) is 0. The lowest BCUT2D eigenvalue weighted by molar-refractivity contribution is -0.154. The largest absolute Gasteiger partial charge is 0.491 e. The van der Waals surface area contributed by atoms with Crippen molar-refractivity contribution < 1.29 is 32.1 Å². The Hall–Kier alpha value is -3.45. The second-order valence-corrected chi connectivity index (χ2v) is 7.58. The molecule has 6 bridgehead atoms. The number of ether oxygens (including phenoxy) is 4. The number of halogens is 3. The van der Waals surface area contributed by atoms with Crippen LogP contribution in [0.4, 0.5) is 19.1 Å². The quantitative estimate of drug-likeness (QED) is 0.538. The number of hydrogen-bond donors (Lipinski definition) is 1. The summed E-state index contributed by atoms with van der Waals surface area (Å²) in [6.45, 7) is 1.56. The van der Waals surface area contributed by atoms with E-state index in [2.05, 4.69) is 25.4 Å². The van der Waals surface area contributed by atoms with Gasteiger partial charge in [0.1, 0.15) is 18.2 Å². The molecule has 0 saturated heterocycles. The highest BCUT2D eigenvalue weighted by atomic mass is 19.4. The lowest BCUT2D eigenvalue weighted by Crippen LogP contribution is -2.21. The van der Waals surface area contributed by atoms with E-state index < -0.39 is 18.8 Å². The third-order valence-corrected chi connectivity index (χ3v) is 4.77. The highest BCUT2D eigenvalue weighted by molar-refractivity contribution is 5.32. The first kappa shape index (κ1) is 24.7. The molecule has 2 aliphatic heterocycles. The van der Waals surface area contributed by atoms with Crippen LogP contribution in [0.1, 0.15) is 17.1 Å². The topological polar surface area (TPSA) is 105 Å². The Bertz CT molecular complexity index is 1080. The zero-order chi connectivity index (χ0) is 24.5. The Morgan fingerprint density at radius 3 is 2.51 bits per heavy atom. The number of fused-ring (bicyclic) bond motifs is 11. The van der Waals surface area contributed by atoms with Crippen molar-refractivity contribution in [2.45, 2.75) is 25.7 Å². The van der Waals surface area contributed by atoms with Gasteiger partial charge in [0.25, 0.3) is 0 Å². The van der Waals surface area contributed by atoms with Crippen molar-refractivity contribution in [1.82, 2.24) is 24.7 Å². The van der Waals surface area contributed by atoms with E-state index in [0.29, 0.717) is 57.6 Å². The molecule has 0 atom stereocenters. The van der Waals surface area contributed by atoms with Crippen LogP contribution in [0.15, 0.2) is 36.5 Å². The van der Waals surface area contributed by atoms with Crippen LogP contribution >= 0.6 is 0 Å². The van der Waals surface area contributed by atoms with Gasteiger partial charge < -0.3 is 24.3 Å². The second-order valence-electron chi connectivity index (χ2n) is 7.58. The molecule has 10 nitrogen and oxygen atoms in total. The van der Waals surface area contributed by atoms with Crippen LogP contribution in [0, 0.1) is 0 Å². The van der Waals surface area contributed by atoms with E-state index >= 15 is 0 Å². The molecule has 0 saturated carbocycles. The van der Waals surface area contributed by atoms with Gasteiger partial charge in [-0.15, -0.1) is 0 Å². The summed E-state index contributed by atoms with van der Waals surface area (Å²) in [5, 5.41) is 7.46. The van der Waals surface area contributed by atoms with Crippen molar-refractivity contribution in [3.8, 4) is 11.8 Å². The smallest absolute Gasteiger partial charge is 0.422 e. The molecule has 35 heavy (non-hydrogen) atoms. The number of nitrogens with one attached hydrogen (secondary N) is 1. The Morgan fingerprint density at radius 1 is 0.943 bits per heavy atom. The van der Waals surface area contributed by atoms with Gasteiger partial charge in [-0.3, -0.25) is 4.68 Å². The number of hydrogen-bond acceptors (Lipinski definition) is 9. The van der Waals surface area contributed by atoms with Crippen LogP contribution in [-0.2, 0) is 29.0 Å². The molecule has 3 aromatic rings. The summed E-state index contributed by atoms with van der Waals surface area (Å²) < 4.78 is 61.2. The van der Waals surface area contributed by atoms with Crippen molar-refractivity contribution in [3.63, 3.8) is 0 Å². The Labute approximate surface area is 199 Å². The predicted molar refractivity (Wildman–Crippen MR) is 117 cm³/mol. The average Bonchev–Trinajstić information content (AvgIpc) is 3.27. The van der Waals surface area contributed by atoms with Gasteiger partial charge in [-0.05, 0) is 23.8 Å². The number of alkyl halides is 3. The average molecular weight is 494 g/mol. The summed E-state index contributed by atoms with van der Waals surface area (Å²) in [4.78, 5) is 12.3. The Morgan fingerprint density at radius 2 is 1.71 bits per heavy atom. The first-order chi connectivity index (χ1) is 16.9. The molecule has 0 fully saturated rings. The van der Waals surface area contributed by atoms with Crippen LogP contribution in [-0.4, -0.2) is 70.6 Å². The third kappa shape index (κ3) is 8.37. The van der Waals surface area contributed by atoms with Gasteiger partial charge in [-0.25, -0.2) is 0 Å². The van der Waals surface area contributed by atoms with E-state index in [4.69, 9.17) is 18.9 Å². The van der Waals surface area contributed by atoms with Gasteiger partial charge in [0.2, 0.25) is 5.95 Å². The van der Waals surface area contributed by atoms with Gasteiger partial charge in [0.15, 0.2) is 6.61 Å². The number of nitrogens with zero attached hydrogens (tertiary/aromatic N) is 5. The summed E-state index contributed by atoms with van der Waals surface area (Å²) in [6.07, 6.45) is -2.54.